The molecule has 2 aromatic carbocycles. The molecule has 1 heterocycles. The van der Waals surface area contributed by atoms with Crippen molar-refractivity contribution in [3.63, 3.8) is 0 Å². The van der Waals surface area contributed by atoms with Crippen molar-refractivity contribution < 1.29 is 21.6 Å². The van der Waals surface area contributed by atoms with Gasteiger partial charge in [-0.1, -0.05) is 23.2 Å². The summed E-state index contributed by atoms with van der Waals surface area (Å²) in [6, 6.07) is 4.38. The standard InChI is InChI=1S/C15H6Cl2F3NO2S/c16-7-3-9-14(17)13(6-21-15(9)12(20)4-7)24(22,23)8-1-2-10(18)11(19)5-8/h1-6H. The number of pyridine rings is 1. The minimum atomic E-state index is -4.29. The van der Waals surface area contributed by atoms with E-state index in [4.69, 9.17) is 23.2 Å². The number of rotatable bonds is 2. The van der Waals surface area contributed by atoms with Gasteiger partial charge in [0.25, 0.3) is 0 Å². The zero-order valence-corrected chi connectivity index (χ0v) is 13.9. The fourth-order valence-electron chi connectivity index (χ4n) is 2.14. The summed E-state index contributed by atoms with van der Waals surface area (Å²) in [7, 11) is -4.29. The van der Waals surface area contributed by atoms with Crippen LogP contribution in [0.2, 0.25) is 10.0 Å². The predicted molar refractivity (Wildman–Crippen MR) is 83.5 cm³/mol. The SMILES string of the molecule is O=S(=O)(c1ccc(F)c(F)c1)c1cnc2c(F)cc(Cl)cc2c1Cl. The molecule has 0 aliphatic carbocycles. The number of fused-ring (bicyclic) bond motifs is 1. The Morgan fingerprint density at radius 2 is 1.62 bits per heavy atom. The lowest BCUT2D eigenvalue weighted by molar-refractivity contribution is 0.504. The molecule has 0 N–H and O–H groups in total. The highest BCUT2D eigenvalue weighted by molar-refractivity contribution is 7.91. The lowest BCUT2D eigenvalue weighted by atomic mass is 10.2. The van der Waals surface area contributed by atoms with E-state index < -0.39 is 37.1 Å². The second-order valence-corrected chi connectivity index (χ2v) is 7.53. The molecular formula is C15H6Cl2F3NO2S. The Hall–Kier alpha value is -1.83. The number of benzene rings is 2. The molecule has 3 nitrogen and oxygen atoms in total. The molecule has 0 aliphatic heterocycles. The Morgan fingerprint density at radius 1 is 0.917 bits per heavy atom. The van der Waals surface area contributed by atoms with Crippen molar-refractivity contribution in [1.82, 2.24) is 4.98 Å². The number of hydrogen-bond acceptors (Lipinski definition) is 3. The van der Waals surface area contributed by atoms with Crippen molar-refractivity contribution in [3.8, 4) is 0 Å². The lowest BCUT2D eigenvalue weighted by Gasteiger charge is -2.10. The van der Waals surface area contributed by atoms with Gasteiger partial charge < -0.3 is 0 Å². The number of halogens is 5. The molecule has 0 aliphatic rings. The number of nitrogens with zero attached hydrogens (tertiary/aromatic N) is 1. The molecular weight excluding hydrogens is 386 g/mol. The van der Waals surface area contributed by atoms with E-state index >= 15 is 0 Å². The van der Waals surface area contributed by atoms with Crippen LogP contribution in [0, 0.1) is 17.5 Å². The van der Waals surface area contributed by atoms with Crippen molar-refractivity contribution in [2.75, 3.05) is 0 Å². The van der Waals surface area contributed by atoms with Gasteiger partial charge in [-0.2, -0.15) is 0 Å². The predicted octanol–water partition coefficient (Wildman–Crippen LogP) is 4.79. The highest BCUT2D eigenvalue weighted by Gasteiger charge is 2.25. The number of aromatic nitrogens is 1. The van der Waals surface area contributed by atoms with Crippen LogP contribution in [-0.4, -0.2) is 13.4 Å². The second-order valence-electron chi connectivity index (χ2n) is 4.80. The molecule has 0 amide bonds. The number of sulfone groups is 1. The van der Waals surface area contributed by atoms with Gasteiger partial charge in [0, 0.05) is 16.6 Å². The molecule has 0 saturated carbocycles. The first kappa shape index (κ1) is 17.0. The average molecular weight is 392 g/mol. The molecule has 0 atom stereocenters. The molecule has 0 unspecified atom stereocenters. The second kappa shape index (κ2) is 5.91. The van der Waals surface area contributed by atoms with Crippen LogP contribution in [0.15, 0.2) is 46.3 Å². The molecule has 9 heteroatoms. The summed E-state index contributed by atoms with van der Waals surface area (Å²) < 4.78 is 65.3. The summed E-state index contributed by atoms with van der Waals surface area (Å²) in [5.74, 6) is -3.28. The van der Waals surface area contributed by atoms with E-state index in [0.717, 1.165) is 18.3 Å². The van der Waals surface area contributed by atoms with E-state index in [2.05, 4.69) is 4.98 Å². The minimum Gasteiger partial charge on any atom is -0.252 e. The minimum absolute atomic E-state index is 0.00562. The van der Waals surface area contributed by atoms with Crippen molar-refractivity contribution >= 4 is 43.9 Å². The molecule has 24 heavy (non-hydrogen) atoms. The van der Waals surface area contributed by atoms with Crippen LogP contribution in [0.1, 0.15) is 0 Å². The molecule has 124 valence electrons. The summed E-state index contributed by atoms with van der Waals surface area (Å²) in [4.78, 5) is 2.77. The van der Waals surface area contributed by atoms with E-state index in [0.29, 0.717) is 12.1 Å². The van der Waals surface area contributed by atoms with Gasteiger partial charge in [-0.3, -0.25) is 4.98 Å². The third-order valence-electron chi connectivity index (χ3n) is 3.28. The third-order valence-corrected chi connectivity index (χ3v) is 5.78. The van der Waals surface area contributed by atoms with Gasteiger partial charge in [0.1, 0.15) is 10.4 Å². The van der Waals surface area contributed by atoms with Crippen LogP contribution >= 0.6 is 23.2 Å². The first-order chi connectivity index (χ1) is 11.2. The summed E-state index contributed by atoms with van der Waals surface area (Å²) in [6.07, 6.45) is 0.859. The van der Waals surface area contributed by atoms with E-state index in [1.807, 2.05) is 0 Å². The molecule has 0 radical (unpaired) electrons. The lowest BCUT2D eigenvalue weighted by Crippen LogP contribution is -2.05. The Labute approximate surface area is 144 Å². The summed E-state index contributed by atoms with van der Waals surface area (Å²) in [6.45, 7) is 0. The van der Waals surface area contributed by atoms with Gasteiger partial charge in [-0.05, 0) is 30.3 Å². The zero-order chi connectivity index (χ0) is 17.6. The largest absolute Gasteiger partial charge is 0.252 e. The van der Waals surface area contributed by atoms with Crippen molar-refractivity contribution in [1.29, 1.82) is 0 Å². The van der Waals surface area contributed by atoms with Crippen LogP contribution in [0.5, 0.6) is 0 Å². The Balaban J connectivity index is 2.28. The van der Waals surface area contributed by atoms with Gasteiger partial charge in [-0.15, -0.1) is 0 Å². The smallest absolute Gasteiger partial charge is 0.209 e. The zero-order valence-electron chi connectivity index (χ0n) is 11.5. The summed E-state index contributed by atoms with van der Waals surface area (Å²) >= 11 is 11.8. The number of hydrogen-bond donors (Lipinski definition) is 0. The highest BCUT2D eigenvalue weighted by atomic mass is 35.5. The fraction of sp³-hybridized carbons (Fsp3) is 0. The van der Waals surface area contributed by atoms with Crippen LogP contribution in [0.3, 0.4) is 0 Å². The van der Waals surface area contributed by atoms with E-state index in [1.165, 1.54) is 6.07 Å². The highest BCUT2D eigenvalue weighted by Crippen LogP contribution is 2.35. The van der Waals surface area contributed by atoms with Crippen molar-refractivity contribution in [2.24, 2.45) is 0 Å². The van der Waals surface area contributed by atoms with Crippen LogP contribution in [0.25, 0.3) is 10.9 Å². The molecule has 0 spiro atoms. The van der Waals surface area contributed by atoms with E-state index in [9.17, 15) is 21.6 Å². The van der Waals surface area contributed by atoms with Gasteiger partial charge in [-0.25, -0.2) is 21.6 Å². The van der Waals surface area contributed by atoms with E-state index in [1.54, 1.807) is 0 Å². The average Bonchev–Trinajstić information content (AvgIpc) is 2.50. The molecule has 3 rings (SSSR count). The Morgan fingerprint density at radius 3 is 2.29 bits per heavy atom. The van der Waals surface area contributed by atoms with Gasteiger partial charge in [0.05, 0.1) is 9.92 Å². The van der Waals surface area contributed by atoms with Crippen LogP contribution in [0.4, 0.5) is 13.2 Å². The first-order valence-electron chi connectivity index (χ1n) is 6.35. The molecule has 0 fully saturated rings. The first-order valence-corrected chi connectivity index (χ1v) is 8.59. The van der Waals surface area contributed by atoms with Crippen molar-refractivity contribution in [2.45, 2.75) is 9.79 Å². The maximum absolute atomic E-state index is 13.8. The summed E-state index contributed by atoms with van der Waals surface area (Å²) in [5.41, 5.74) is -0.159. The van der Waals surface area contributed by atoms with Crippen LogP contribution in [-0.2, 0) is 9.84 Å². The molecule has 1 aromatic heterocycles. The third kappa shape index (κ3) is 2.72. The monoisotopic (exact) mass is 391 g/mol. The normalized spacial score (nSPS) is 11.9. The van der Waals surface area contributed by atoms with Gasteiger partial charge in [0.15, 0.2) is 17.5 Å². The molecule has 0 saturated heterocycles. The van der Waals surface area contributed by atoms with Crippen molar-refractivity contribution in [3.05, 3.63) is 64.0 Å². The topological polar surface area (TPSA) is 47.0 Å². The maximum atomic E-state index is 13.8. The quantitative estimate of drug-likeness (QED) is 0.589. The Bertz CT molecular complexity index is 1090. The molecule has 3 aromatic rings. The van der Waals surface area contributed by atoms with Crippen LogP contribution < -0.4 is 0 Å². The van der Waals surface area contributed by atoms with Gasteiger partial charge >= 0.3 is 0 Å². The van der Waals surface area contributed by atoms with Gasteiger partial charge in [0.2, 0.25) is 9.84 Å². The maximum Gasteiger partial charge on any atom is 0.209 e. The van der Waals surface area contributed by atoms with E-state index in [-0.39, 0.29) is 20.9 Å². The fourth-order valence-corrected chi connectivity index (χ4v) is 4.13. The summed E-state index contributed by atoms with van der Waals surface area (Å²) in [5, 5.41) is -0.317. The Kier molecular flexibility index (Phi) is 4.19. The molecule has 0 bridgehead atoms.